The second-order valence-corrected chi connectivity index (χ2v) is 3.40. The molecule has 0 bridgehead atoms. The van der Waals surface area contributed by atoms with Crippen LogP contribution in [-0.4, -0.2) is 12.9 Å². The van der Waals surface area contributed by atoms with Gasteiger partial charge in [0.25, 0.3) is 0 Å². The second kappa shape index (κ2) is 5.62. The highest BCUT2D eigenvalue weighted by molar-refractivity contribution is 7.80. The third-order valence-corrected chi connectivity index (χ3v) is 2.13. The summed E-state index contributed by atoms with van der Waals surface area (Å²) in [6.45, 7) is 2.05. The van der Waals surface area contributed by atoms with Gasteiger partial charge in [-0.05, 0) is 24.6 Å². The third kappa shape index (κ3) is 3.01. The quantitative estimate of drug-likeness (QED) is 0.578. The number of methoxy groups -OCH3 is 1. The highest BCUT2D eigenvalue weighted by atomic mass is 32.1. The molecule has 1 rings (SSSR count). The van der Waals surface area contributed by atoms with Gasteiger partial charge in [-0.15, -0.1) is 0 Å². The maximum absolute atomic E-state index is 5.13. The van der Waals surface area contributed by atoms with E-state index in [-0.39, 0.29) is 0 Å². The van der Waals surface area contributed by atoms with Crippen LogP contribution in [0.3, 0.4) is 0 Å². The molecule has 0 radical (unpaired) electrons. The Morgan fingerprint density at radius 3 is 2.86 bits per heavy atom. The van der Waals surface area contributed by atoms with Gasteiger partial charge in [0.2, 0.25) is 0 Å². The SMILES string of the molecule is COc1ccc(C)c(C#CCCS)c1. The monoisotopic (exact) mass is 206 g/mol. The van der Waals surface area contributed by atoms with E-state index in [0.29, 0.717) is 0 Å². The lowest BCUT2D eigenvalue weighted by Crippen LogP contribution is -1.86. The van der Waals surface area contributed by atoms with Crippen molar-refractivity contribution < 1.29 is 4.74 Å². The topological polar surface area (TPSA) is 9.23 Å². The van der Waals surface area contributed by atoms with Crippen molar-refractivity contribution in [2.24, 2.45) is 0 Å². The van der Waals surface area contributed by atoms with Crippen molar-refractivity contribution in [2.75, 3.05) is 12.9 Å². The molecule has 1 aromatic carbocycles. The predicted octanol–water partition coefficient (Wildman–Crippen LogP) is 2.68. The van der Waals surface area contributed by atoms with Gasteiger partial charge in [-0.1, -0.05) is 17.9 Å². The minimum atomic E-state index is 0.802. The molecule has 0 spiro atoms. The van der Waals surface area contributed by atoms with Gasteiger partial charge in [0.1, 0.15) is 5.75 Å². The van der Waals surface area contributed by atoms with Gasteiger partial charge in [0.05, 0.1) is 7.11 Å². The van der Waals surface area contributed by atoms with Crippen LogP contribution >= 0.6 is 12.6 Å². The molecule has 0 amide bonds. The highest BCUT2D eigenvalue weighted by Crippen LogP contribution is 2.15. The van der Waals surface area contributed by atoms with Crippen molar-refractivity contribution in [2.45, 2.75) is 13.3 Å². The Morgan fingerprint density at radius 1 is 1.43 bits per heavy atom. The Bertz CT molecular complexity index is 360. The minimum absolute atomic E-state index is 0.802. The molecular formula is C12H14OS. The Hall–Kier alpha value is -1.07. The van der Waals surface area contributed by atoms with Crippen LogP contribution in [0.4, 0.5) is 0 Å². The summed E-state index contributed by atoms with van der Waals surface area (Å²) in [5.74, 6) is 7.83. The zero-order chi connectivity index (χ0) is 10.4. The Kier molecular flexibility index (Phi) is 4.42. The smallest absolute Gasteiger partial charge is 0.120 e. The maximum Gasteiger partial charge on any atom is 0.120 e. The van der Waals surface area contributed by atoms with Gasteiger partial charge in [-0.2, -0.15) is 12.6 Å². The number of hydrogen-bond acceptors (Lipinski definition) is 2. The highest BCUT2D eigenvalue weighted by Gasteiger charge is 1.96. The molecule has 0 aliphatic carbocycles. The summed E-state index contributed by atoms with van der Waals surface area (Å²) >= 11 is 4.10. The van der Waals surface area contributed by atoms with E-state index in [1.807, 2.05) is 25.1 Å². The molecule has 0 atom stereocenters. The Balaban J connectivity index is 2.91. The van der Waals surface area contributed by atoms with Gasteiger partial charge in [-0.25, -0.2) is 0 Å². The zero-order valence-corrected chi connectivity index (χ0v) is 9.40. The molecule has 0 fully saturated rings. The van der Waals surface area contributed by atoms with E-state index >= 15 is 0 Å². The van der Waals surface area contributed by atoms with Crippen molar-refractivity contribution in [3.8, 4) is 17.6 Å². The molecule has 1 nitrogen and oxygen atoms in total. The maximum atomic E-state index is 5.13. The fourth-order valence-corrected chi connectivity index (χ4v) is 1.19. The summed E-state index contributed by atoms with van der Waals surface area (Å²) in [5.41, 5.74) is 2.21. The number of aryl methyl sites for hydroxylation is 1. The number of hydrogen-bond donors (Lipinski definition) is 1. The number of ether oxygens (including phenoxy) is 1. The summed E-state index contributed by atoms with van der Waals surface area (Å²) in [7, 11) is 1.66. The average molecular weight is 206 g/mol. The lowest BCUT2D eigenvalue weighted by atomic mass is 10.1. The number of rotatable bonds is 2. The molecular weight excluding hydrogens is 192 g/mol. The van der Waals surface area contributed by atoms with Crippen LogP contribution in [0.25, 0.3) is 0 Å². The van der Waals surface area contributed by atoms with Crippen LogP contribution in [0, 0.1) is 18.8 Å². The molecule has 14 heavy (non-hydrogen) atoms. The van der Waals surface area contributed by atoms with Gasteiger partial charge in [0.15, 0.2) is 0 Å². The zero-order valence-electron chi connectivity index (χ0n) is 8.50. The summed E-state index contributed by atoms with van der Waals surface area (Å²) in [4.78, 5) is 0. The molecule has 2 heteroatoms. The second-order valence-electron chi connectivity index (χ2n) is 2.96. The van der Waals surface area contributed by atoms with Crippen LogP contribution in [0.5, 0.6) is 5.75 Å². The van der Waals surface area contributed by atoms with Gasteiger partial charge in [0, 0.05) is 17.7 Å². The minimum Gasteiger partial charge on any atom is -0.497 e. The lowest BCUT2D eigenvalue weighted by molar-refractivity contribution is 0.414. The van der Waals surface area contributed by atoms with E-state index in [2.05, 4.69) is 24.5 Å². The van der Waals surface area contributed by atoms with E-state index in [1.54, 1.807) is 7.11 Å². The first-order chi connectivity index (χ1) is 6.77. The number of benzene rings is 1. The van der Waals surface area contributed by atoms with Gasteiger partial charge in [-0.3, -0.25) is 0 Å². The molecule has 0 saturated carbocycles. The molecule has 0 unspecified atom stereocenters. The van der Waals surface area contributed by atoms with Crippen LogP contribution in [0.1, 0.15) is 17.5 Å². The molecule has 0 heterocycles. The lowest BCUT2D eigenvalue weighted by Gasteiger charge is -2.02. The van der Waals surface area contributed by atoms with Crippen LogP contribution in [0.15, 0.2) is 18.2 Å². The van der Waals surface area contributed by atoms with Crippen molar-refractivity contribution in [3.05, 3.63) is 29.3 Å². The standard InChI is InChI=1S/C12H14OS/c1-10-6-7-12(13-2)9-11(10)5-3-4-8-14/h6-7,9,14H,4,8H2,1-2H3. The predicted molar refractivity (Wildman–Crippen MR) is 63.1 cm³/mol. The molecule has 0 aliphatic heterocycles. The summed E-state index contributed by atoms with van der Waals surface area (Å²) in [5, 5.41) is 0. The van der Waals surface area contributed by atoms with Crippen LogP contribution in [-0.2, 0) is 0 Å². The third-order valence-electron chi connectivity index (χ3n) is 1.90. The van der Waals surface area contributed by atoms with E-state index < -0.39 is 0 Å². The first-order valence-electron chi connectivity index (χ1n) is 4.52. The fourth-order valence-electron chi connectivity index (χ4n) is 1.08. The molecule has 0 aliphatic rings. The first-order valence-corrected chi connectivity index (χ1v) is 5.15. The molecule has 74 valence electrons. The molecule has 0 aromatic heterocycles. The van der Waals surface area contributed by atoms with Gasteiger partial charge < -0.3 is 4.74 Å². The summed E-state index contributed by atoms with van der Waals surface area (Å²) in [6, 6.07) is 5.92. The normalized spacial score (nSPS) is 9.07. The van der Waals surface area contributed by atoms with Crippen LogP contribution in [0.2, 0.25) is 0 Å². The van der Waals surface area contributed by atoms with Gasteiger partial charge >= 0.3 is 0 Å². The van der Waals surface area contributed by atoms with E-state index in [1.165, 1.54) is 5.56 Å². The van der Waals surface area contributed by atoms with E-state index in [0.717, 1.165) is 23.5 Å². The molecule has 0 saturated heterocycles. The number of thiol groups is 1. The largest absolute Gasteiger partial charge is 0.497 e. The summed E-state index contributed by atoms with van der Waals surface area (Å²) < 4.78 is 5.13. The average Bonchev–Trinajstić information content (AvgIpc) is 2.21. The first kappa shape index (κ1) is 11.0. The van der Waals surface area contributed by atoms with Crippen molar-refractivity contribution in [1.29, 1.82) is 0 Å². The Labute approximate surface area is 90.9 Å². The molecule has 0 N–H and O–H groups in total. The fraction of sp³-hybridized carbons (Fsp3) is 0.333. The van der Waals surface area contributed by atoms with E-state index in [9.17, 15) is 0 Å². The van der Waals surface area contributed by atoms with E-state index in [4.69, 9.17) is 4.74 Å². The Morgan fingerprint density at radius 2 is 2.21 bits per heavy atom. The van der Waals surface area contributed by atoms with Crippen molar-refractivity contribution >= 4 is 12.6 Å². The summed E-state index contributed by atoms with van der Waals surface area (Å²) in [6.07, 6.45) is 0.819. The van der Waals surface area contributed by atoms with Crippen LogP contribution < -0.4 is 4.74 Å². The van der Waals surface area contributed by atoms with Crippen molar-refractivity contribution in [3.63, 3.8) is 0 Å². The van der Waals surface area contributed by atoms with Crippen molar-refractivity contribution in [1.82, 2.24) is 0 Å². The molecule has 1 aromatic rings.